The molecule has 2 rings (SSSR count). The molecule has 0 radical (unpaired) electrons. The fourth-order valence-electron chi connectivity index (χ4n) is 2.64. The Morgan fingerprint density at radius 3 is 2.71 bits per heavy atom. The number of piperazine rings is 1. The summed E-state index contributed by atoms with van der Waals surface area (Å²) in [5.41, 5.74) is 0.780. The van der Waals surface area contributed by atoms with Crippen molar-refractivity contribution >= 4 is 11.8 Å². The molecule has 0 bridgehead atoms. The van der Waals surface area contributed by atoms with Gasteiger partial charge in [0, 0.05) is 58.2 Å². The highest BCUT2D eigenvalue weighted by Gasteiger charge is 2.22. The Hall–Kier alpha value is -1.99. The molecule has 0 aliphatic carbocycles. The van der Waals surface area contributed by atoms with Gasteiger partial charge < -0.3 is 19.9 Å². The van der Waals surface area contributed by atoms with Crippen molar-refractivity contribution in [2.45, 2.75) is 13.3 Å². The predicted molar refractivity (Wildman–Crippen MR) is 91.1 cm³/mol. The van der Waals surface area contributed by atoms with Crippen LogP contribution < -0.4 is 5.32 Å². The molecule has 1 aromatic rings. The molecule has 0 aromatic carbocycles. The lowest BCUT2D eigenvalue weighted by atomic mass is 10.2. The van der Waals surface area contributed by atoms with Gasteiger partial charge in [-0.2, -0.15) is 0 Å². The summed E-state index contributed by atoms with van der Waals surface area (Å²) in [6.45, 7) is 7.40. The van der Waals surface area contributed by atoms with Gasteiger partial charge in [0.25, 0.3) is 11.8 Å². The molecule has 1 aliphatic heterocycles. The van der Waals surface area contributed by atoms with Crippen molar-refractivity contribution in [3.8, 4) is 0 Å². The lowest BCUT2D eigenvalue weighted by Crippen LogP contribution is -2.48. The van der Waals surface area contributed by atoms with E-state index in [0.717, 1.165) is 26.1 Å². The topological polar surface area (TPSA) is 74.8 Å². The monoisotopic (exact) mass is 334 g/mol. The maximum Gasteiger partial charge on any atom is 0.272 e. The Morgan fingerprint density at radius 2 is 2.04 bits per heavy atom. The van der Waals surface area contributed by atoms with Gasteiger partial charge in [0.1, 0.15) is 5.69 Å². The van der Waals surface area contributed by atoms with Crippen molar-refractivity contribution in [2.24, 2.45) is 0 Å². The van der Waals surface area contributed by atoms with E-state index in [1.165, 1.54) is 6.20 Å². The first-order chi connectivity index (χ1) is 11.7. The molecule has 7 nitrogen and oxygen atoms in total. The number of pyridine rings is 1. The highest BCUT2D eigenvalue weighted by atomic mass is 16.5. The number of likely N-dealkylation sites (N-methyl/N-ethyl adjacent to an activating group) is 1. The van der Waals surface area contributed by atoms with Crippen LogP contribution in [0.5, 0.6) is 0 Å². The van der Waals surface area contributed by atoms with Crippen molar-refractivity contribution in [1.29, 1.82) is 0 Å². The molecule has 2 amide bonds. The van der Waals surface area contributed by atoms with Crippen LogP contribution in [0.3, 0.4) is 0 Å². The van der Waals surface area contributed by atoms with Gasteiger partial charge in [0.05, 0.1) is 0 Å². The smallest absolute Gasteiger partial charge is 0.272 e. The number of hydrogen-bond acceptors (Lipinski definition) is 5. The van der Waals surface area contributed by atoms with Crippen LogP contribution >= 0.6 is 0 Å². The average molecular weight is 334 g/mol. The molecule has 0 atom stereocenters. The normalized spacial score (nSPS) is 15.3. The molecule has 2 heterocycles. The van der Waals surface area contributed by atoms with Crippen LogP contribution in [0.15, 0.2) is 18.3 Å². The molecule has 1 aromatic heterocycles. The minimum absolute atomic E-state index is 0.111. The van der Waals surface area contributed by atoms with Gasteiger partial charge in [0.2, 0.25) is 0 Å². The Morgan fingerprint density at radius 1 is 1.29 bits per heavy atom. The molecule has 1 N–H and O–H groups in total. The molecule has 1 aliphatic rings. The van der Waals surface area contributed by atoms with Crippen molar-refractivity contribution < 1.29 is 14.3 Å². The van der Waals surface area contributed by atoms with E-state index in [-0.39, 0.29) is 11.8 Å². The van der Waals surface area contributed by atoms with Crippen LogP contribution in [0, 0.1) is 0 Å². The highest BCUT2D eigenvalue weighted by Crippen LogP contribution is 2.09. The zero-order valence-corrected chi connectivity index (χ0v) is 14.5. The first-order valence-electron chi connectivity index (χ1n) is 8.40. The summed E-state index contributed by atoms with van der Waals surface area (Å²) in [6.07, 6.45) is 2.26. The molecule has 1 fully saturated rings. The third kappa shape index (κ3) is 5.01. The van der Waals surface area contributed by atoms with E-state index in [2.05, 4.69) is 22.1 Å². The lowest BCUT2D eigenvalue weighted by Gasteiger charge is -2.33. The number of rotatable bonds is 7. The number of methoxy groups -OCH3 is 1. The molecule has 0 saturated carbocycles. The predicted octanol–water partition coefficient (Wildman–Crippen LogP) is 0.626. The standard InChI is InChI=1S/C17H26N4O3/c1-3-20-8-10-21(11-9-20)17(23)15-13-14(5-7-18-15)16(22)19-6-4-12-24-2/h5,7,13H,3-4,6,8-12H2,1-2H3,(H,19,22). The molecule has 1 saturated heterocycles. The van der Waals surface area contributed by atoms with Crippen molar-refractivity contribution in [1.82, 2.24) is 20.1 Å². The van der Waals surface area contributed by atoms with Gasteiger partial charge in [-0.3, -0.25) is 14.6 Å². The SMILES string of the molecule is CCN1CCN(C(=O)c2cc(C(=O)NCCCOC)ccn2)CC1. The van der Waals surface area contributed by atoms with Crippen LogP contribution in [0.4, 0.5) is 0 Å². The summed E-state index contributed by atoms with van der Waals surface area (Å²) in [6, 6.07) is 3.19. The van der Waals surface area contributed by atoms with Crippen LogP contribution in [0.2, 0.25) is 0 Å². The number of ether oxygens (including phenoxy) is 1. The number of carbonyl (C=O) groups excluding carboxylic acids is 2. The number of aromatic nitrogens is 1. The second kappa shape index (κ2) is 9.34. The Bertz CT molecular complexity index is 557. The van der Waals surface area contributed by atoms with E-state index < -0.39 is 0 Å². The maximum atomic E-state index is 12.6. The van der Waals surface area contributed by atoms with Crippen LogP contribution in [-0.2, 0) is 4.74 Å². The maximum absolute atomic E-state index is 12.6. The third-order valence-electron chi connectivity index (χ3n) is 4.16. The molecule has 7 heteroatoms. The largest absolute Gasteiger partial charge is 0.385 e. The summed E-state index contributed by atoms with van der Waals surface area (Å²) >= 11 is 0. The van der Waals surface area contributed by atoms with E-state index in [9.17, 15) is 9.59 Å². The van der Waals surface area contributed by atoms with Gasteiger partial charge in [-0.25, -0.2) is 0 Å². The van der Waals surface area contributed by atoms with E-state index >= 15 is 0 Å². The van der Waals surface area contributed by atoms with Crippen LogP contribution in [0.25, 0.3) is 0 Å². The van der Waals surface area contributed by atoms with Crippen LogP contribution in [-0.4, -0.2) is 79.6 Å². The Balaban J connectivity index is 1.94. The van der Waals surface area contributed by atoms with Gasteiger partial charge in [-0.1, -0.05) is 6.92 Å². The molecular weight excluding hydrogens is 308 g/mol. The van der Waals surface area contributed by atoms with Crippen LogP contribution in [0.1, 0.15) is 34.2 Å². The molecule has 0 unspecified atom stereocenters. The zero-order valence-electron chi connectivity index (χ0n) is 14.5. The number of hydrogen-bond donors (Lipinski definition) is 1. The van der Waals surface area contributed by atoms with Gasteiger partial charge >= 0.3 is 0 Å². The third-order valence-corrected chi connectivity index (χ3v) is 4.16. The van der Waals surface area contributed by atoms with Crippen molar-refractivity contribution in [2.75, 3.05) is 53.0 Å². The second-order valence-electron chi connectivity index (χ2n) is 5.76. The molecule has 0 spiro atoms. The first kappa shape index (κ1) is 18.4. The van der Waals surface area contributed by atoms with Gasteiger partial charge in [-0.15, -0.1) is 0 Å². The Labute approximate surface area is 143 Å². The zero-order chi connectivity index (χ0) is 17.4. The summed E-state index contributed by atoms with van der Waals surface area (Å²) in [4.78, 5) is 32.9. The summed E-state index contributed by atoms with van der Waals surface area (Å²) in [5, 5.41) is 2.81. The number of nitrogens with zero attached hydrogens (tertiary/aromatic N) is 3. The van der Waals surface area contributed by atoms with Gasteiger partial charge in [-0.05, 0) is 25.1 Å². The summed E-state index contributed by atoms with van der Waals surface area (Å²) in [5.74, 6) is -0.307. The van der Waals surface area contributed by atoms with E-state index in [1.54, 1.807) is 24.1 Å². The quantitative estimate of drug-likeness (QED) is 0.740. The minimum Gasteiger partial charge on any atom is -0.385 e. The summed E-state index contributed by atoms with van der Waals surface area (Å²) in [7, 11) is 1.63. The Kier molecular flexibility index (Phi) is 7.14. The number of nitrogens with one attached hydrogen (secondary N) is 1. The second-order valence-corrected chi connectivity index (χ2v) is 5.76. The molecule has 24 heavy (non-hydrogen) atoms. The van der Waals surface area contributed by atoms with Gasteiger partial charge in [0.15, 0.2) is 0 Å². The molecular formula is C17H26N4O3. The summed E-state index contributed by atoms with van der Waals surface area (Å²) < 4.78 is 4.95. The minimum atomic E-state index is -0.196. The van der Waals surface area contributed by atoms with Crippen molar-refractivity contribution in [3.63, 3.8) is 0 Å². The molecule has 132 valence electrons. The fourth-order valence-corrected chi connectivity index (χ4v) is 2.64. The highest BCUT2D eigenvalue weighted by molar-refractivity contribution is 5.98. The fraction of sp³-hybridized carbons (Fsp3) is 0.588. The van der Waals surface area contributed by atoms with E-state index in [0.29, 0.717) is 37.5 Å². The first-order valence-corrected chi connectivity index (χ1v) is 8.40. The lowest BCUT2D eigenvalue weighted by molar-refractivity contribution is 0.0637. The van der Waals surface area contributed by atoms with E-state index in [1.807, 2.05) is 0 Å². The number of amides is 2. The number of carbonyl (C=O) groups is 2. The van der Waals surface area contributed by atoms with Crippen molar-refractivity contribution in [3.05, 3.63) is 29.6 Å². The van der Waals surface area contributed by atoms with E-state index in [4.69, 9.17) is 4.74 Å². The average Bonchev–Trinajstić information content (AvgIpc) is 2.64.